The summed E-state index contributed by atoms with van der Waals surface area (Å²) in [7, 11) is 0. The Morgan fingerprint density at radius 3 is 3.00 bits per heavy atom. The van der Waals surface area contributed by atoms with E-state index in [0.717, 1.165) is 31.9 Å². The molecule has 0 spiro atoms. The van der Waals surface area contributed by atoms with E-state index in [0.29, 0.717) is 12.5 Å². The molecule has 0 fully saturated rings. The van der Waals surface area contributed by atoms with Gasteiger partial charge in [0.15, 0.2) is 0 Å². The molecule has 2 heterocycles. The monoisotopic (exact) mass is 293 g/mol. The predicted octanol–water partition coefficient (Wildman–Crippen LogP) is 3.85. The van der Waals surface area contributed by atoms with Gasteiger partial charge >= 0.3 is 0 Å². The molecule has 0 aliphatic carbocycles. The molecule has 2 aromatic rings. The summed E-state index contributed by atoms with van der Waals surface area (Å²) in [6.07, 6.45) is 2.71. The largest absolute Gasteiger partial charge is 0.467 e. The van der Waals surface area contributed by atoms with Crippen LogP contribution in [0.2, 0.25) is 0 Å². The molecule has 0 bridgehead atoms. The zero-order valence-corrected chi connectivity index (χ0v) is 13.0. The SMILES string of the molecule is CC(C)CNCc1ccoc1COCCc1cccs1. The molecule has 20 heavy (non-hydrogen) atoms. The Bertz CT molecular complexity index is 476. The number of hydrogen-bond donors (Lipinski definition) is 1. The molecule has 0 saturated carbocycles. The lowest BCUT2D eigenvalue weighted by molar-refractivity contribution is 0.108. The summed E-state index contributed by atoms with van der Waals surface area (Å²) in [6, 6.07) is 6.23. The Morgan fingerprint density at radius 2 is 2.25 bits per heavy atom. The number of thiophene rings is 1. The third-order valence-corrected chi connectivity index (χ3v) is 3.95. The van der Waals surface area contributed by atoms with Crippen LogP contribution in [0.1, 0.15) is 30.0 Å². The van der Waals surface area contributed by atoms with E-state index in [2.05, 4.69) is 36.7 Å². The van der Waals surface area contributed by atoms with Crippen LogP contribution in [-0.4, -0.2) is 13.2 Å². The fourth-order valence-corrected chi connectivity index (χ4v) is 2.63. The summed E-state index contributed by atoms with van der Waals surface area (Å²) >= 11 is 1.77. The minimum Gasteiger partial charge on any atom is -0.467 e. The molecule has 110 valence electrons. The van der Waals surface area contributed by atoms with Crippen molar-refractivity contribution in [1.29, 1.82) is 0 Å². The number of ether oxygens (including phenoxy) is 1. The summed E-state index contributed by atoms with van der Waals surface area (Å²) in [5.41, 5.74) is 1.20. The average molecular weight is 293 g/mol. The van der Waals surface area contributed by atoms with E-state index in [1.165, 1.54) is 10.4 Å². The predicted molar refractivity (Wildman–Crippen MR) is 82.9 cm³/mol. The molecule has 0 amide bonds. The minimum absolute atomic E-state index is 0.553. The molecule has 4 heteroatoms. The van der Waals surface area contributed by atoms with Crippen molar-refractivity contribution in [2.24, 2.45) is 5.92 Å². The van der Waals surface area contributed by atoms with E-state index in [-0.39, 0.29) is 0 Å². The van der Waals surface area contributed by atoms with Gasteiger partial charge in [-0.25, -0.2) is 0 Å². The Balaban J connectivity index is 1.68. The van der Waals surface area contributed by atoms with Crippen LogP contribution in [0, 0.1) is 5.92 Å². The summed E-state index contributed by atoms with van der Waals surface area (Å²) in [6.45, 7) is 7.56. The van der Waals surface area contributed by atoms with E-state index in [1.54, 1.807) is 17.6 Å². The van der Waals surface area contributed by atoms with Crippen LogP contribution < -0.4 is 5.32 Å². The molecule has 0 radical (unpaired) electrons. The summed E-state index contributed by atoms with van der Waals surface area (Å²) in [5.74, 6) is 1.60. The first-order valence-corrected chi connectivity index (χ1v) is 7.99. The Kier molecular flexibility index (Phi) is 6.30. The van der Waals surface area contributed by atoms with Crippen molar-refractivity contribution in [1.82, 2.24) is 5.32 Å². The van der Waals surface area contributed by atoms with Crippen LogP contribution in [0.5, 0.6) is 0 Å². The summed E-state index contributed by atoms with van der Waals surface area (Å²) in [5, 5.41) is 5.52. The molecule has 0 aromatic carbocycles. The van der Waals surface area contributed by atoms with Crippen LogP contribution in [-0.2, 0) is 24.3 Å². The second-order valence-electron chi connectivity index (χ2n) is 5.28. The number of furan rings is 1. The van der Waals surface area contributed by atoms with Gasteiger partial charge < -0.3 is 14.5 Å². The highest BCUT2D eigenvalue weighted by atomic mass is 32.1. The molecular weight excluding hydrogens is 270 g/mol. The zero-order valence-electron chi connectivity index (χ0n) is 12.2. The lowest BCUT2D eigenvalue weighted by Crippen LogP contribution is -2.19. The number of rotatable bonds is 9. The van der Waals surface area contributed by atoms with Crippen LogP contribution in [0.3, 0.4) is 0 Å². The number of nitrogens with one attached hydrogen (secondary N) is 1. The van der Waals surface area contributed by atoms with Crippen molar-refractivity contribution in [2.45, 2.75) is 33.4 Å². The topological polar surface area (TPSA) is 34.4 Å². The third-order valence-electron chi connectivity index (χ3n) is 3.01. The first-order valence-electron chi connectivity index (χ1n) is 7.12. The van der Waals surface area contributed by atoms with Gasteiger partial charge in [-0.3, -0.25) is 0 Å². The van der Waals surface area contributed by atoms with Gasteiger partial charge in [0.25, 0.3) is 0 Å². The first-order chi connectivity index (χ1) is 9.75. The first kappa shape index (κ1) is 15.3. The molecule has 2 rings (SSSR count). The van der Waals surface area contributed by atoms with Gasteiger partial charge in [-0.15, -0.1) is 11.3 Å². The Labute approximate surface area is 125 Å². The van der Waals surface area contributed by atoms with E-state index in [1.807, 2.05) is 6.07 Å². The van der Waals surface area contributed by atoms with E-state index >= 15 is 0 Å². The van der Waals surface area contributed by atoms with Gasteiger partial charge in [0, 0.05) is 23.4 Å². The van der Waals surface area contributed by atoms with Crippen LogP contribution in [0.4, 0.5) is 0 Å². The van der Waals surface area contributed by atoms with Crippen molar-refractivity contribution in [3.05, 3.63) is 46.0 Å². The maximum atomic E-state index is 5.70. The fourth-order valence-electron chi connectivity index (χ4n) is 1.94. The van der Waals surface area contributed by atoms with Crippen molar-refractivity contribution >= 4 is 11.3 Å². The molecule has 1 N–H and O–H groups in total. The second-order valence-corrected chi connectivity index (χ2v) is 6.31. The van der Waals surface area contributed by atoms with Crippen molar-refractivity contribution in [2.75, 3.05) is 13.2 Å². The van der Waals surface area contributed by atoms with Gasteiger partial charge in [0.2, 0.25) is 0 Å². The van der Waals surface area contributed by atoms with Crippen LogP contribution in [0.25, 0.3) is 0 Å². The molecule has 0 aliphatic rings. The van der Waals surface area contributed by atoms with Crippen molar-refractivity contribution < 1.29 is 9.15 Å². The van der Waals surface area contributed by atoms with E-state index < -0.39 is 0 Å². The molecule has 0 atom stereocenters. The van der Waals surface area contributed by atoms with Crippen molar-refractivity contribution in [3.8, 4) is 0 Å². The highest BCUT2D eigenvalue weighted by molar-refractivity contribution is 7.09. The minimum atomic E-state index is 0.553. The van der Waals surface area contributed by atoms with Crippen LogP contribution in [0.15, 0.2) is 34.3 Å². The lowest BCUT2D eigenvalue weighted by atomic mass is 10.2. The maximum absolute atomic E-state index is 5.70. The van der Waals surface area contributed by atoms with E-state index in [4.69, 9.17) is 9.15 Å². The van der Waals surface area contributed by atoms with Crippen LogP contribution >= 0.6 is 11.3 Å². The summed E-state index contributed by atoms with van der Waals surface area (Å²) in [4.78, 5) is 1.36. The normalized spacial score (nSPS) is 11.3. The molecule has 2 aromatic heterocycles. The smallest absolute Gasteiger partial charge is 0.133 e. The van der Waals surface area contributed by atoms with Gasteiger partial charge in [0.05, 0.1) is 12.9 Å². The second kappa shape index (κ2) is 8.25. The highest BCUT2D eigenvalue weighted by Gasteiger charge is 2.06. The molecule has 3 nitrogen and oxygen atoms in total. The third kappa shape index (κ3) is 5.12. The average Bonchev–Trinajstić information content (AvgIpc) is 3.06. The van der Waals surface area contributed by atoms with Gasteiger partial charge in [-0.1, -0.05) is 19.9 Å². The van der Waals surface area contributed by atoms with Crippen molar-refractivity contribution in [3.63, 3.8) is 0 Å². The summed E-state index contributed by atoms with van der Waals surface area (Å²) < 4.78 is 11.2. The quantitative estimate of drug-likeness (QED) is 0.713. The fraction of sp³-hybridized carbons (Fsp3) is 0.500. The van der Waals surface area contributed by atoms with Gasteiger partial charge in [-0.05, 0) is 30.0 Å². The zero-order chi connectivity index (χ0) is 14.2. The van der Waals surface area contributed by atoms with Gasteiger partial charge in [0.1, 0.15) is 12.4 Å². The lowest BCUT2D eigenvalue weighted by Gasteiger charge is -2.08. The standard InChI is InChI=1S/C16H23NO2S/c1-13(2)10-17-11-14-5-8-19-16(14)12-18-7-6-15-4-3-9-20-15/h3-5,8-9,13,17H,6-7,10-12H2,1-2H3. The van der Waals surface area contributed by atoms with Gasteiger partial charge in [-0.2, -0.15) is 0 Å². The molecule has 0 saturated heterocycles. The molecular formula is C16H23NO2S. The van der Waals surface area contributed by atoms with E-state index in [9.17, 15) is 0 Å². The Morgan fingerprint density at radius 1 is 1.35 bits per heavy atom. The molecule has 0 aliphatic heterocycles. The highest BCUT2D eigenvalue weighted by Crippen LogP contribution is 2.13. The number of hydrogen-bond acceptors (Lipinski definition) is 4. The molecule has 0 unspecified atom stereocenters. The Hall–Kier alpha value is -1.10. The maximum Gasteiger partial charge on any atom is 0.133 e.